The maximum absolute atomic E-state index is 5.28. The molecule has 0 radical (unpaired) electrons. The lowest BCUT2D eigenvalue weighted by Gasteiger charge is -2.41. The molecule has 0 spiro atoms. The van der Waals surface area contributed by atoms with Gasteiger partial charge in [-0.2, -0.15) is 0 Å². The molecule has 0 saturated carbocycles. The van der Waals surface area contributed by atoms with Crippen molar-refractivity contribution in [2.24, 2.45) is 15.9 Å². The molecule has 3 rings (SSSR count). The third kappa shape index (κ3) is 5.37. The Morgan fingerprint density at radius 2 is 2.12 bits per heavy atom. The van der Waals surface area contributed by atoms with Gasteiger partial charge in [-0.3, -0.25) is 10.0 Å². The summed E-state index contributed by atoms with van der Waals surface area (Å²) < 4.78 is 5.22. The van der Waals surface area contributed by atoms with Crippen molar-refractivity contribution in [1.29, 1.82) is 0 Å². The van der Waals surface area contributed by atoms with Gasteiger partial charge in [-0.05, 0) is 50.5 Å². The number of methoxy groups -OCH3 is 1. The molecule has 0 aromatic carbocycles. The lowest BCUT2D eigenvalue weighted by atomic mass is 9.90. The summed E-state index contributed by atoms with van der Waals surface area (Å²) in [5.74, 6) is 1.16. The average molecular weight is 438 g/mol. The first-order valence-corrected chi connectivity index (χ1v) is 11.8. The molecule has 0 N–H and O–H groups in total. The Bertz CT molecular complexity index is 850. The molecule has 0 aliphatic carbocycles. The van der Waals surface area contributed by atoms with Gasteiger partial charge in [0.25, 0.3) is 0 Å². The molecule has 0 amide bonds. The highest BCUT2D eigenvalue weighted by molar-refractivity contribution is 6.15. The van der Waals surface area contributed by atoms with Crippen LogP contribution in [0.3, 0.4) is 0 Å². The van der Waals surface area contributed by atoms with Crippen LogP contribution in [0.2, 0.25) is 0 Å². The maximum atomic E-state index is 5.28. The summed E-state index contributed by atoms with van der Waals surface area (Å²) in [6, 6.07) is 0.318. The quantitative estimate of drug-likeness (QED) is 0.359. The van der Waals surface area contributed by atoms with Crippen LogP contribution >= 0.6 is 0 Å². The van der Waals surface area contributed by atoms with Crippen LogP contribution in [0.5, 0.6) is 0 Å². The van der Waals surface area contributed by atoms with E-state index < -0.39 is 0 Å². The Morgan fingerprint density at radius 3 is 2.81 bits per heavy atom. The highest BCUT2D eigenvalue weighted by Crippen LogP contribution is 2.35. The largest absolute Gasteiger partial charge is 0.383 e. The van der Waals surface area contributed by atoms with E-state index in [1.165, 1.54) is 11.1 Å². The molecule has 0 saturated heterocycles. The fourth-order valence-corrected chi connectivity index (χ4v) is 4.39. The molecule has 3 atom stereocenters. The molecular formula is C26H39N5O. The minimum atomic E-state index is 0.00485. The van der Waals surface area contributed by atoms with Gasteiger partial charge >= 0.3 is 0 Å². The van der Waals surface area contributed by atoms with Crippen LogP contribution in [0.1, 0.15) is 33.6 Å². The number of hydrogen-bond donors (Lipinski definition) is 0. The molecule has 174 valence electrons. The SMILES string of the molecule is C=CCC1=CC2C=NC3=CC(C)N(C)N3C2N=C1C(/C=C\CCN(CC)CCOC)=C/C. The van der Waals surface area contributed by atoms with Crippen molar-refractivity contribution in [2.45, 2.75) is 45.8 Å². The zero-order valence-electron chi connectivity index (χ0n) is 20.4. The number of dihydropyridines is 1. The predicted octanol–water partition coefficient (Wildman–Crippen LogP) is 4.22. The molecule has 3 aliphatic rings. The molecule has 0 bridgehead atoms. The van der Waals surface area contributed by atoms with Gasteiger partial charge in [0.15, 0.2) is 0 Å². The number of hydrogen-bond acceptors (Lipinski definition) is 6. The second-order valence-corrected chi connectivity index (χ2v) is 8.48. The fraction of sp³-hybridized carbons (Fsp3) is 0.538. The van der Waals surface area contributed by atoms with Crippen LogP contribution < -0.4 is 0 Å². The number of hydrazine groups is 1. The maximum Gasteiger partial charge on any atom is 0.149 e. The summed E-state index contributed by atoms with van der Waals surface area (Å²) >= 11 is 0. The minimum Gasteiger partial charge on any atom is -0.383 e. The Labute approximate surface area is 194 Å². The normalized spacial score (nSPS) is 25.7. The van der Waals surface area contributed by atoms with Crippen molar-refractivity contribution in [3.05, 3.63) is 60.0 Å². The zero-order valence-corrected chi connectivity index (χ0v) is 20.4. The number of allylic oxidation sites excluding steroid dienone is 5. The zero-order chi connectivity index (χ0) is 23.1. The Morgan fingerprint density at radius 1 is 1.31 bits per heavy atom. The van der Waals surface area contributed by atoms with Gasteiger partial charge in [0.1, 0.15) is 12.0 Å². The van der Waals surface area contributed by atoms with Gasteiger partial charge in [-0.1, -0.05) is 37.3 Å². The van der Waals surface area contributed by atoms with E-state index in [9.17, 15) is 0 Å². The molecule has 0 aromatic rings. The van der Waals surface area contributed by atoms with Crippen molar-refractivity contribution in [3.8, 4) is 0 Å². The van der Waals surface area contributed by atoms with Gasteiger partial charge in [0.05, 0.1) is 18.2 Å². The van der Waals surface area contributed by atoms with Crippen molar-refractivity contribution >= 4 is 11.9 Å². The Hall–Kier alpha value is -2.28. The number of rotatable bonds is 11. The molecule has 3 heterocycles. The smallest absolute Gasteiger partial charge is 0.149 e. The topological polar surface area (TPSA) is 43.7 Å². The van der Waals surface area contributed by atoms with E-state index in [1.807, 2.05) is 12.3 Å². The fourth-order valence-electron chi connectivity index (χ4n) is 4.39. The molecule has 3 unspecified atom stereocenters. The van der Waals surface area contributed by atoms with Gasteiger partial charge in [0.2, 0.25) is 0 Å². The lowest BCUT2D eigenvalue weighted by Crippen LogP contribution is -2.50. The van der Waals surface area contributed by atoms with Crippen molar-refractivity contribution < 1.29 is 4.74 Å². The highest BCUT2D eigenvalue weighted by Gasteiger charge is 2.40. The van der Waals surface area contributed by atoms with E-state index in [0.29, 0.717) is 6.04 Å². The van der Waals surface area contributed by atoms with Crippen molar-refractivity contribution in [1.82, 2.24) is 14.9 Å². The van der Waals surface area contributed by atoms with E-state index in [4.69, 9.17) is 14.7 Å². The third-order valence-corrected chi connectivity index (χ3v) is 6.40. The first-order chi connectivity index (χ1) is 15.5. The van der Waals surface area contributed by atoms with Crippen molar-refractivity contribution in [2.75, 3.05) is 40.4 Å². The van der Waals surface area contributed by atoms with Gasteiger partial charge in [-0.25, -0.2) is 10.0 Å². The van der Waals surface area contributed by atoms with Gasteiger partial charge < -0.3 is 9.64 Å². The summed E-state index contributed by atoms with van der Waals surface area (Å²) in [5.41, 5.74) is 3.46. The number of likely N-dealkylation sites (N-methyl/N-ethyl adjacent to an activating group) is 2. The molecule has 6 nitrogen and oxygen atoms in total. The van der Waals surface area contributed by atoms with E-state index in [-0.39, 0.29) is 12.1 Å². The summed E-state index contributed by atoms with van der Waals surface area (Å²) in [5, 5.41) is 4.48. The molecule has 0 aromatic heterocycles. The third-order valence-electron chi connectivity index (χ3n) is 6.40. The number of aliphatic imine (C=N–C) groups is 2. The molecule has 0 fully saturated rings. The van der Waals surface area contributed by atoms with E-state index in [2.05, 4.69) is 79.7 Å². The second kappa shape index (κ2) is 11.5. The number of fused-ring (bicyclic) bond motifs is 3. The molecule has 6 heteroatoms. The Balaban J connectivity index is 1.78. The number of nitrogens with zero attached hydrogens (tertiary/aromatic N) is 5. The first kappa shape index (κ1) is 24.4. The average Bonchev–Trinajstić information content (AvgIpc) is 3.09. The monoisotopic (exact) mass is 437 g/mol. The molecular weight excluding hydrogens is 398 g/mol. The Kier molecular flexibility index (Phi) is 8.79. The van der Waals surface area contributed by atoms with Crippen LogP contribution in [0.4, 0.5) is 0 Å². The second-order valence-electron chi connectivity index (χ2n) is 8.48. The lowest BCUT2D eigenvalue weighted by molar-refractivity contribution is -0.00821. The van der Waals surface area contributed by atoms with Crippen LogP contribution in [0.25, 0.3) is 0 Å². The van der Waals surface area contributed by atoms with Gasteiger partial charge in [-0.15, -0.1) is 6.58 Å². The highest BCUT2D eigenvalue weighted by atomic mass is 16.5. The van der Waals surface area contributed by atoms with Crippen LogP contribution in [-0.2, 0) is 4.74 Å². The van der Waals surface area contributed by atoms with Crippen molar-refractivity contribution in [3.63, 3.8) is 0 Å². The summed E-state index contributed by atoms with van der Waals surface area (Å²) in [7, 11) is 3.87. The first-order valence-electron chi connectivity index (χ1n) is 11.8. The van der Waals surface area contributed by atoms with Crippen LogP contribution in [0, 0.1) is 5.92 Å². The van der Waals surface area contributed by atoms with E-state index in [1.54, 1.807) is 7.11 Å². The summed E-state index contributed by atoms with van der Waals surface area (Å²) in [6.45, 7) is 14.3. The van der Waals surface area contributed by atoms with E-state index in [0.717, 1.165) is 50.6 Å². The predicted molar refractivity (Wildman–Crippen MR) is 135 cm³/mol. The van der Waals surface area contributed by atoms with Crippen LogP contribution in [-0.4, -0.2) is 79.5 Å². The molecule has 32 heavy (non-hydrogen) atoms. The minimum absolute atomic E-state index is 0.00485. The summed E-state index contributed by atoms with van der Waals surface area (Å²) in [4.78, 5) is 12.4. The van der Waals surface area contributed by atoms with Gasteiger partial charge in [0, 0.05) is 39.5 Å². The van der Waals surface area contributed by atoms with Crippen LogP contribution in [0.15, 0.2) is 70.0 Å². The van der Waals surface area contributed by atoms with E-state index >= 15 is 0 Å². The standard InChI is InChI=1S/C26H39N5O/c1-7-12-22-18-23-19-27-24-17-20(4)29(5)31(24)26(23)28-25(22)21(8-2)13-10-11-14-30(9-3)15-16-32-6/h7-8,10,13,17-20,23,26H,1,9,11-12,14-16H2,2-6H3/b13-10-,21-8+. The summed E-state index contributed by atoms with van der Waals surface area (Å²) in [6.07, 6.45) is 17.0. The molecule has 3 aliphatic heterocycles. The number of ether oxygens (including phenoxy) is 1.